The molecular formula is C27H26N6O4. The minimum absolute atomic E-state index is 0.148. The SMILES string of the molecule is CC(=O)Nc1ccc(-c2cccc(C(=O)Nc3cc(C(=O)Nc4cc(C(N)=O)n(C)c4)n(C)c3)c2)cc1. The Morgan fingerprint density at radius 2 is 1.27 bits per heavy atom. The molecule has 0 saturated heterocycles. The van der Waals surface area contributed by atoms with Crippen LogP contribution in [0.25, 0.3) is 11.1 Å². The van der Waals surface area contributed by atoms with Crippen LogP contribution in [0.15, 0.2) is 73.1 Å². The highest BCUT2D eigenvalue weighted by Gasteiger charge is 2.16. The molecule has 2 heterocycles. The first kappa shape index (κ1) is 25.0. The lowest BCUT2D eigenvalue weighted by molar-refractivity contribution is -0.114. The smallest absolute Gasteiger partial charge is 0.272 e. The first-order chi connectivity index (χ1) is 17.6. The number of aromatic nitrogens is 2. The van der Waals surface area contributed by atoms with E-state index >= 15 is 0 Å². The lowest BCUT2D eigenvalue weighted by Gasteiger charge is -2.08. The Hall–Kier alpha value is -5.12. The van der Waals surface area contributed by atoms with Gasteiger partial charge in [-0.1, -0.05) is 24.3 Å². The predicted molar refractivity (Wildman–Crippen MR) is 141 cm³/mol. The Balaban J connectivity index is 1.46. The highest BCUT2D eigenvalue weighted by Crippen LogP contribution is 2.24. The lowest BCUT2D eigenvalue weighted by atomic mass is 10.0. The van der Waals surface area contributed by atoms with Gasteiger partial charge in [0.1, 0.15) is 11.4 Å². The average molecular weight is 499 g/mol. The van der Waals surface area contributed by atoms with Crippen molar-refractivity contribution in [2.75, 3.05) is 16.0 Å². The number of nitrogens with two attached hydrogens (primary N) is 1. The molecule has 0 aliphatic carbocycles. The molecule has 4 aromatic rings. The third-order valence-corrected chi connectivity index (χ3v) is 5.67. The van der Waals surface area contributed by atoms with Crippen molar-refractivity contribution in [1.29, 1.82) is 0 Å². The molecule has 188 valence electrons. The maximum atomic E-state index is 12.9. The zero-order valence-corrected chi connectivity index (χ0v) is 20.5. The van der Waals surface area contributed by atoms with E-state index in [0.29, 0.717) is 28.3 Å². The number of nitrogens with zero attached hydrogens (tertiary/aromatic N) is 2. The summed E-state index contributed by atoms with van der Waals surface area (Å²) in [6.45, 7) is 1.45. The van der Waals surface area contributed by atoms with Crippen molar-refractivity contribution < 1.29 is 19.2 Å². The molecule has 0 radical (unpaired) electrons. The predicted octanol–water partition coefficient (Wildman–Crippen LogP) is 3.59. The van der Waals surface area contributed by atoms with Gasteiger partial charge in [0.15, 0.2) is 0 Å². The number of hydrogen-bond acceptors (Lipinski definition) is 4. The number of hydrogen-bond donors (Lipinski definition) is 4. The number of carbonyl (C=O) groups excluding carboxylic acids is 4. The van der Waals surface area contributed by atoms with Gasteiger partial charge in [0, 0.05) is 44.7 Å². The van der Waals surface area contributed by atoms with Crippen molar-refractivity contribution in [2.45, 2.75) is 6.92 Å². The zero-order valence-electron chi connectivity index (χ0n) is 20.5. The van der Waals surface area contributed by atoms with E-state index in [1.165, 1.54) is 17.6 Å². The third kappa shape index (κ3) is 5.76. The van der Waals surface area contributed by atoms with Crippen LogP contribution in [0.4, 0.5) is 17.1 Å². The molecule has 4 rings (SSSR count). The summed E-state index contributed by atoms with van der Waals surface area (Å²) in [5.74, 6) is -1.49. The number of primary amides is 1. The fourth-order valence-corrected chi connectivity index (χ4v) is 3.92. The van der Waals surface area contributed by atoms with Gasteiger partial charge in [-0.15, -0.1) is 0 Å². The Labute approximate surface area is 213 Å². The molecule has 5 N–H and O–H groups in total. The minimum Gasteiger partial charge on any atom is -0.364 e. The van der Waals surface area contributed by atoms with Gasteiger partial charge >= 0.3 is 0 Å². The van der Waals surface area contributed by atoms with Crippen LogP contribution in [0.3, 0.4) is 0 Å². The number of aryl methyl sites for hydroxylation is 2. The zero-order chi connectivity index (χ0) is 26.7. The highest BCUT2D eigenvalue weighted by atomic mass is 16.2. The van der Waals surface area contributed by atoms with Crippen LogP contribution in [0, 0.1) is 0 Å². The van der Waals surface area contributed by atoms with Crippen LogP contribution in [-0.2, 0) is 18.9 Å². The van der Waals surface area contributed by atoms with Crippen molar-refractivity contribution in [2.24, 2.45) is 19.8 Å². The molecule has 0 atom stereocenters. The van der Waals surface area contributed by atoms with Gasteiger partial charge in [-0.25, -0.2) is 0 Å². The Bertz CT molecular complexity index is 1510. The summed E-state index contributed by atoms with van der Waals surface area (Å²) in [5.41, 5.74) is 9.65. The van der Waals surface area contributed by atoms with Crippen molar-refractivity contribution in [3.05, 3.63) is 90.0 Å². The number of amides is 4. The standard InChI is InChI=1S/C27H26N6O4/c1-16(34)29-20-9-7-17(8-10-20)18-5-4-6-19(11-18)26(36)30-22-13-24(33(3)15-22)27(37)31-21-12-23(25(28)35)32(2)14-21/h4-15H,1-3H3,(H2,28,35)(H,29,34)(H,30,36)(H,31,37). The Kier molecular flexibility index (Phi) is 6.92. The molecule has 37 heavy (non-hydrogen) atoms. The second kappa shape index (κ2) is 10.2. The molecule has 2 aromatic carbocycles. The first-order valence-electron chi connectivity index (χ1n) is 11.3. The van der Waals surface area contributed by atoms with Crippen molar-refractivity contribution >= 4 is 40.7 Å². The molecule has 0 saturated carbocycles. The molecule has 10 nitrogen and oxygen atoms in total. The maximum absolute atomic E-state index is 12.9. The highest BCUT2D eigenvalue weighted by molar-refractivity contribution is 6.08. The first-order valence-corrected chi connectivity index (χ1v) is 11.3. The van der Waals surface area contributed by atoms with Crippen LogP contribution in [0.2, 0.25) is 0 Å². The second-order valence-corrected chi connectivity index (χ2v) is 8.56. The maximum Gasteiger partial charge on any atom is 0.272 e. The van der Waals surface area contributed by atoms with E-state index in [-0.39, 0.29) is 17.5 Å². The van der Waals surface area contributed by atoms with E-state index in [0.717, 1.165) is 11.1 Å². The molecule has 0 spiro atoms. The van der Waals surface area contributed by atoms with Crippen LogP contribution in [0.1, 0.15) is 38.3 Å². The molecule has 4 amide bonds. The van der Waals surface area contributed by atoms with Crippen LogP contribution in [0.5, 0.6) is 0 Å². The van der Waals surface area contributed by atoms with E-state index in [9.17, 15) is 19.2 Å². The van der Waals surface area contributed by atoms with E-state index < -0.39 is 11.8 Å². The topological polar surface area (TPSA) is 140 Å². The summed E-state index contributed by atoms with van der Waals surface area (Å²) in [6.07, 6.45) is 3.22. The van der Waals surface area contributed by atoms with Crippen LogP contribution < -0.4 is 21.7 Å². The second-order valence-electron chi connectivity index (χ2n) is 8.56. The number of benzene rings is 2. The summed E-state index contributed by atoms with van der Waals surface area (Å²) in [6, 6.07) is 17.5. The van der Waals surface area contributed by atoms with Gasteiger partial charge in [0.25, 0.3) is 17.7 Å². The summed E-state index contributed by atoms with van der Waals surface area (Å²) < 4.78 is 3.12. The molecule has 2 aromatic heterocycles. The number of rotatable bonds is 7. The molecule has 0 aliphatic rings. The quantitative estimate of drug-likeness (QED) is 0.309. The van der Waals surface area contributed by atoms with Gasteiger partial charge < -0.3 is 30.8 Å². The molecule has 0 fully saturated rings. The number of anilines is 3. The van der Waals surface area contributed by atoms with Crippen molar-refractivity contribution in [3.8, 4) is 11.1 Å². The summed E-state index contributed by atoms with van der Waals surface area (Å²) in [5, 5.41) is 8.28. The van der Waals surface area contributed by atoms with E-state index in [1.54, 1.807) is 67.5 Å². The minimum atomic E-state index is -0.599. The monoisotopic (exact) mass is 498 g/mol. The van der Waals surface area contributed by atoms with E-state index in [4.69, 9.17) is 5.73 Å². The van der Waals surface area contributed by atoms with Crippen LogP contribution >= 0.6 is 0 Å². The fraction of sp³-hybridized carbons (Fsp3) is 0.111. The summed E-state index contributed by atoms with van der Waals surface area (Å²) in [7, 11) is 3.34. The summed E-state index contributed by atoms with van der Waals surface area (Å²) in [4.78, 5) is 48.4. The van der Waals surface area contributed by atoms with E-state index in [1.807, 2.05) is 18.2 Å². The van der Waals surface area contributed by atoms with E-state index in [2.05, 4.69) is 16.0 Å². The largest absolute Gasteiger partial charge is 0.364 e. The van der Waals surface area contributed by atoms with Gasteiger partial charge in [0.05, 0.1) is 11.4 Å². The van der Waals surface area contributed by atoms with Gasteiger partial charge in [0.2, 0.25) is 5.91 Å². The molecular weight excluding hydrogens is 472 g/mol. The van der Waals surface area contributed by atoms with Crippen molar-refractivity contribution in [1.82, 2.24) is 9.13 Å². The molecule has 0 aliphatic heterocycles. The third-order valence-electron chi connectivity index (χ3n) is 5.67. The van der Waals surface area contributed by atoms with Crippen LogP contribution in [-0.4, -0.2) is 32.8 Å². The Morgan fingerprint density at radius 1 is 0.676 bits per heavy atom. The molecule has 0 bridgehead atoms. The number of nitrogens with one attached hydrogen (secondary N) is 3. The average Bonchev–Trinajstić information content (AvgIpc) is 3.40. The normalized spacial score (nSPS) is 10.6. The molecule has 10 heteroatoms. The fourth-order valence-electron chi connectivity index (χ4n) is 3.92. The lowest BCUT2D eigenvalue weighted by Crippen LogP contribution is -2.15. The summed E-state index contributed by atoms with van der Waals surface area (Å²) >= 11 is 0. The number of carbonyl (C=O) groups is 4. The van der Waals surface area contributed by atoms with Crippen molar-refractivity contribution in [3.63, 3.8) is 0 Å². The molecule has 0 unspecified atom stereocenters. The van der Waals surface area contributed by atoms with Gasteiger partial charge in [-0.3, -0.25) is 19.2 Å². The van der Waals surface area contributed by atoms with Gasteiger partial charge in [-0.05, 0) is 47.5 Å². The van der Waals surface area contributed by atoms with Gasteiger partial charge in [-0.2, -0.15) is 0 Å². The Morgan fingerprint density at radius 3 is 1.86 bits per heavy atom.